The zero-order valence-corrected chi connectivity index (χ0v) is 18.3. The first-order chi connectivity index (χ1) is 15.8. The Labute approximate surface area is 194 Å². The zero-order chi connectivity index (χ0) is 23.3. The molecule has 3 atom stereocenters. The number of rotatable bonds is 4. The molecule has 0 radical (unpaired) electrons. The summed E-state index contributed by atoms with van der Waals surface area (Å²) in [5.74, 6) is -2.78. The Hall–Kier alpha value is -3.68. The number of carbonyl (C=O) groups is 3. The molecule has 1 N–H and O–H groups in total. The minimum Gasteiger partial charge on any atom is -0.478 e. The van der Waals surface area contributed by atoms with E-state index >= 15 is 0 Å². The molecule has 8 heteroatoms. The third-order valence-electron chi connectivity index (χ3n) is 5.97. The fourth-order valence-corrected chi connectivity index (χ4v) is 4.57. The summed E-state index contributed by atoms with van der Waals surface area (Å²) in [6, 6.07) is 19.8. The Morgan fingerprint density at radius 3 is 2.24 bits per heavy atom. The third-order valence-corrected chi connectivity index (χ3v) is 6.20. The number of carboxylic acid groups (broad SMARTS) is 1. The maximum atomic E-state index is 13.6. The van der Waals surface area contributed by atoms with Gasteiger partial charge in [0.2, 0.25) is 5.91 Å². The van der Waals surface area contributed by atoms with E-state index in [9.17, 15) is 14.4 Å². The summed E-state index contributed by atoms with van der Waals surface area (Å²) in [5, 5.41) is 11.3. The fourth-order valence-electron chi connectivity index (χ4n) is 4.37. The van der Waals surface area contributed by atoms with Gasteiger partial charge in [-0.05, 0) is 61.0 Å². The average molecular weight is 463 g/mol. The molecule has 0 spiro atoms. The summed E-state index contributed by atoms with van der Waals surface area (Å²) in [6.07, 6.45) is -1.01. The van der Waals surface area contributed by atoms with Gasteiger partial charge in [-0.2, -0.15) is 0 Å². The molecule has 2 heterocycles. The van der Waals surface area contributed by atoms with Crippen molar-refractivity contribution in [2.45, 2.75) is 19.1 Å². The summed E-state index contributed by atoms with van der Waals surface area (Å²) in [6.45, 7) is 1.97. The number of imide groups is 1. The number of hydrogen-bond acceptors (Lipinski definition) is 5. The van der Waals surface area contributed by atoms with Crippen LogP contribution in [0.4, 0.5) is 11.4 Å². The van der Waals surface area contributed by atoms with Crippen LogP contribution < -0.4 is 9.96 Å². The highest BCUT2D eigenvalue weighted by Gasteiger charge is 2.60. The molecule has 2 fully saturated rings. The van der Waals surface area contributed by atoms with E-state index in [-0.39, 0.29) is 5.56 Å². The Morgan fingerprint density at radius 2 is 1.61 bits per heavy atom. The Morgan fingerprint density at radius 1 is 0.939 bits per heavy atom. The molecule has 33 heavy (non-hydrogen) atoms. The smallest absolute Gasteiger partial charge is 0.335 e. The van der Waals surface area contributed by atoms with E-state index in [2.05, 4.69) is 0 Å². The van der Waals surface area contributed by atoms with E-state index in [4.69, 9.17) is 21.5 Å². The quantitative estimate of drug-likeness (QED) is 0.578. The molecule has 5 rings (SSSR count). The number of nitrogens with zero attached hydrogens (tertiary/aromatic N) is 2. The van der Waals surface area contributed by atoms with Gasteiger partial charge in [-0.15, -0.1) is 0 Å². The first-order valence-electron chi connectivity index (χ1n) is 10.3. The molecule has 2 saturated heterocycles. The number of aryl methyl sites for hydroxylation is 1. The maximum Gasteiger partial charge on any atom is 0.335 e. The predicted octanol–water partition coefficient (Wildman–Crippen LogP) is 4.40. The van der Waals surface area contributed by atoms with Gasteiger partial charge < -0.3 is 5.11 Å². The fraction of sp³-hybridized carbons (Fsp3) is 0.160. The van der Waals surface area contributed by atoms with Gasteiger partial charge in [-0.3, -0.25) is 14.4 Å². The molecule has 0 saturated carbocycles. The van der Waals surface area contributed by atoms with Crippen LogP contribution in [-0.4, -0.2) is 29.0 Å². The van der Waals surface area contributed by atoms with Gasteiger partial charge in [-0.1, -0.05) is 41.4 Å². The number of carboxylic acids is 1. The number of anilines is 2. The second-order valence-electron chi connectivity index (χ2n) is 8.08. The largest absolute Gasteiger partial charge is 0.478 e. The van der Waals surface area contributed by atoms with Crippen molar-refractivity contribution in [2.24, 2.45) is 5.92 Å². The van der Waals surface area contributed by atoms with Crippen molar-refractivity contribution in [3.05, 3.63) is 94.5 Å². The standard InChI is InChI=1S/C25H19ClN2O5/c1-14-5-9-19(10-6-14)28-21(16-3-2-4-17(26)13-16)20-22(33-28)24(30)27(23(20)29)18-11-7-15(8-12-18)25(31)32/h2-13,20-22H,1H3,(H,31,32)/t20-,21-,22+/m0/s1. The molecule has 0 unspecified atom stereocenters. The van der Waals surface area contributed by atoms with Crippen molar-refractivity contribution < 1.29 is 24.3 Å². The lowest BCUT2D eigenvalue weighted by Gasteiger charge is -2.29. The van der Waals surface area contributed by atoms with Crippen molar-refractivity contribution in [3.8, 4) is 0 Å². The highest BCUT2D eigenvalue weighted by Crippen LogP contribution is 2.47. The SMILES string of the molecule is Cc1ccc(N2O[C@H]3C(=O)N(c4ccc(C(=O)O)cc4)C(=O)[C@H]3[C@@H]2c2cccc(Cl)c2)cc1. The van der Waals surface area contributed by atoms with E-state index < -0.39 is 35.8 Å². The van der Waals surface area contributed by atoms with Crippen molar-refractivity contribution in [2.75, 3.05) is 9.96 Å². The molecule has 7 nitrogen and oxygen atoms in total. The molecule has 2 amide bonds. The topological polar surface area (TPSA) is 87.2 Å². The Bertz CT molecular complexity index is 1260. The van der Waals surface area contributed by atoms with Crippen LogP contribution in [0.3, 0.4) is 0 Å². The second-order valence-corrected chi connectivity index (χ2v) is 8.51. The third kappa shape index (κ3) is 3.55. The van der Waals surface area contributed by atoms with Crippen molar-refractivity contribution in [1.82, 2.24) is 0 Å². The van der Waals surface area contributed by atoms with Crippen molar-refractivity contribution >= 4 is 40.8 Å². The second kappa shape index (κ2) is 8.03. The number of halogens is 1. The molecule has 3 aromatic carbocycles. The van der Waals surface area contributed by atoms with E-state index in [0.717, 1.165) is 21.7 Å². The minimum atomic E-state index is -1.09. The summed E-state index contributed by atoms with van der Waals surface area (Å²) >= 11 is 6.24. The lowest BCUT2D eigenvalue weighted by Crippen LogP contribution is -2.37. The molecular weight excluding hydrogens is 444 g/mol. The van der Waals surface area contributed by atoms with Gasteiger partial charge in [0.05, 0.1) is 23.0 Å². The van der Waals surface area contributed by atoms with E-state index in [1.165, 1.54) is 24.3 Å². The van der Waals surface area contributed by atoms with Gasteiger partial charge in [0.15, 0.2) is 6.10 Å². The monoisotopic (exact) mass is 462 g/mol. The summed E-state index contributed by atoms with van der Waals surface area (Å²) in [7, 11) is 0. The van der Waals surface area contributed by atoms with Crippen LogP contribution >= 0.6 is 11.6 Å². The minimum absolute atomic E-state index is 0.0663. The summed E-state index contributed by atoms with van der Waals surface area (Å²) in [4.78, 5) is 45.2. The van der Waals surface area contributed by atoms with Gasteiger partial charge in [-0.25, -0.2) is 14.8 Å². The van der Waals surface area contributed by atoms with Crippen LogP contribution in [0.2, 0.25) is 5.02 Å². The molecule has 2 aliphatic rings. The van der Waals surface area contributed by atoms with E-state index in [0.29, 0.717) is 10.7 Å². The Kier molecular flexibility index (Phi) is 5.15. The van der Waals surface area contributed by atoms with Gasteiger partial charge >= 0.3 is 5.97 Å². The Balaban J connectivity index is 1.56. The van der Waals surface area contributed by atoms with Gasteiger partial charge in [0, 0.05) is 5.02 Å². The number of amides is 2. The zero-order valence-electron chi connectivity index (χ0n) is 17.5. The van der Waals surface area contributed by atoms with Crippen LogP contribution in [-0.2, 0) is 14.4 Å². The van der Waals surface area contributed by atoms with Crippen molar-refractivity contribution in [3.63, 3.8) is 0 Å². The summed E-state index contributed by atoms with van der Waals surface area (Å²) in [5.41, 5.74) is 2.91. The summed E-state index contributed by atoms with van der Waals surface area (Å²) < 4.78 is 0. The van der Waals surface area contributed by atoms with Crippen molar-refractivity contribution in [1.29, 1.82) is 0 Å². The van der Waals surface area contributed by atoms with E-state index in [1.54, 1.807) is 23.3 Å². The van der Waals surface area contributed by atoms with Gasteiger partial charge in [0.25, 0.3) is 5.91 Å². The first kappa shape index (κ1) is 21.2. The molecule has 166 valence electrons. The lowest BCUT2D eigenvalue weighted by molar-refractivity contribution is -0.126. The highest BCUT2D eigenvalue weighted by atomic mass is 35.5. The van der Waals surface area contributed by atoms with Crippen LogP contribution in [0.1, 0.15) is 27.5 Å². The molecule has 0 aliphatic carbocycles. The molecule has 0 aromatic heterocycles. The first-order valence-corrected chi connectivity index (χ1v) is 10.7. The van der Waals surface area contributed by atoms with E-state index in [1.807, 2.05) is 37.3 Å². The normalized spacial score (nSPS) is 22.1. The number of aromatic carboxylic acids is 1. The molecular formula is C25H19ClN2O5. The molecule has 3 aromatic rings. The van der Waals surface area contributed by atoms with Crippen LogP contribution in [0, 0.1) is 12.8 Å². The molecule has 2 aliphatic heterocycles. The van der Waals surface area contributed by atoms with Crippen LogP contribution in [0.15, 0.2) is 72.8 Å². The number of fused-ring (bicyclic) bond motifs is 1. The molecule has 0 bridgehead atoms. The predicted molar refractivity (Wildman–Crippen MR) is 122 cm³/mol. The lowest BCUT2D eigenvalue weighted by atomic mass is 9.90. The highest BCUT2D eigenvalue weighted by molar-refractivity contribution is 6.30. The van der Waals surface area contributed by atoms with Crippen LogP contribution in [0.25, 0.3) is 0 Å². The number of hydroxylamine groups is 1. The number of benzene rings is 3. The van der Waals surface area contributed by atoms with Gasteiger partial charge in [0.1, 0.15) is 5.92 Å². The average Bonchev–Trinajstić information content (AvgIpc) is 3.30. The van der Waals surface area contributed by atoms with Crippen LogP contribution in [0.5, 0.6) is 0 Å². The number of carbonyl (C=O) groups excluding carboxylic acids is 2. The maximum absolute atomic E-state index is 13.6. The number of hydrogen-bond donors (Lipinski definition) is 1.